The maximum absolute atomic E-state index is 12.4. The van der Waals surface area contributed by atoms with Gasteiger partial charge in [-0.25, -0.2) is 9.97 Å². The molecule has 1 unspecified atom stereocenters. The fourth-order valence-corrected chi connectivity index (χ4v) is 4.47. The maximum Gasteiger partial charge on any atom is 0.222 e. The van der Waals surface area contributed by atoms with E-state index in [1.54, 1.807) is 19.5 Å². The van der Waals surface area contributed by atoms with Gasteiger partial charge in [-0.1, -0.05) is 42.5 Å². The van der Waals surface area contributed by atoms with E-state index in [4.69, 9.17) is 20.4 Å². The molecule has 0 spiro atoms. The largest absolute Gasteiger partial charge is 0.497 e. The second-order valence-electron chi connectivity index (χ2n) is 9.21. The normalized spacial score (nSPS) is 11.7. The van der Waals surface area contributed by atoms with Gasteiger partial charge in [0.15, 0.2) is 5.82 Å². The third kappa shape index (κ3) is 5.47. The van der Waals surface area contributed by atoms with Gasteiger partial charge in [0.05, 0.1) is 18.5 Å². The summed E-state index contributed by atoms with van der Waals surface area (Å²) in [6, 6.07) is 25.8. The Morgan fingerprint density at radius 2 is 1.76 bits per heavy atom. The number of aromatic nitrogens is 3. The van der Waals surface area contributed by atoms with Crippen molar-refractivity contribution >= 4 is 22.6 Å². The van der Waals surface area contributed by atoms with Crippen molar-refractivity contribution in [3.63, 3.8) is 0 Å². The van der Waals surface area contributed by atoms with Crippen LogP contribution in [0.25, 0.3) is 33.4 Å². The number of hydrogen-bond donors (Lipinski definition) is 2. The van der Waals surface area contributed by atoms with E-state index in [0.29, 0.717) is 24.6 Å². The van der Waals surface area contributed by atoms with Crippen LogP contribution in [0.15, 0.2) is 91.3 Å². The Kier molecular flexibility index (Phi) is 7.26. The van der Waals surface area contributed by atoms with Gasteiger partial charge in [0.25, 0.3) is 0 Å². The van der Waals surface area contributed by atoms with Crippen molar-refractivity contribution in [2.45, 2.75) is 13.3 Å². The molecular formula is C31H29N5O2. The monoisotopic (exact) mass is 503 g/mol. The van der Waals surface area contributed by atoms with Gasteiger partial charge in [-0.3, -0.25) is 9.78 Å². The molecule has 0 radical (unpaired) electrons. The van der Waals surface area contributed by atoms with E-state index in [1.807, 2.05) is 79.7 Å². The highest BCUT2D eigenvalue weighted by Crippen LogP contribution is 2.31. The van der Waals surface area contributed by atoms with Crippen molar-refractivity contribution in [1.82, 2.24) is 15.0 Å². The Morgan fingerprint density at radius 1 is 0.947 bits per heavy atom. The molecular weight excluding hydrogens is 474 g/mol. The Labute approximate surface area is 221 Å². The molecule has 3 aromatic carbocycles. The van der Waals surface area contributed by atoms with Crippen LogP contribution in [-0.4, -0.2) is 34.5 Å². The van der Waals surface area contributed by atoms with E-state index in [0.717, 1.165) is 44.5 Å². The lowest BCUT2D eigenvalue weighted by Crippen LogP contribution is -2.31. The first-order valence-corrected chi connectivity index (χ1v) is 12.5. The summed E-state index contributed by atoms with van der Waals surface area (Å²) in [6.07, 6.45) is 4.00. The number of primary amides is 1. The molecule has 2 heterocycles. The number of anilines is 1. The third-order valence-electron chi connectivity index (χ3n) is 6.66. The first-order valence-electron chi connectivity index (χ1n) is 12.5. The number of nitrogens with one attached hydrogen (secondary N) is 1. The standard InChI is InChI=1S/C31H29N5O2/c1-20-7-3-4-8-21(20)15-25(29(32)37)19-34-31-27-17-23(22-9-5-11-26(16-22)38-2)12-13-28(27)35-30(36-31)24-10-6-14-33-18-24/h3-14,16-18,25H,15,19H2,1-2H3,(H2,32,37)(H,34,35,36). The second kappa shape index (κ2) is 11.1. The number of amides is 1. The Morgan fingerprint density at radius 3 is 2.53 bits per heavy atom. The molecule has 1 amide bonds. The van der Waals surface area contributed by atoms with Crippen LogP contribution in [0.1, 0.15) is 11.1 Å². The van der Waals surface area contributed by atoms with Crippen LogP contribution in [0, 0.1) is 12.8 Å². The van der Waals surface area contributed by atoms with E-state index in [1.165, 1.54) is 0 Å². The van der Waals surface area contributed by atoms with Crippen LogP contribution >= 0.6 is 0 Å². The molecule has 0 saturated heterocycles. The minimum Gasteiger partial charge on any atom is -0.497 e. The number of ether oxygens (including phenoxy) is 1. The highest BCUT2D eigenvalue weighted by atomic mass is 16.5. The molecule has 7 nitrogen and oxygen atoms in total. The fourth-order valence-electron chi connectivity index (χ4n) is 4.47. The quantitative estimate of drug-likeness (QED) is 0.278. The minimum atomic E-state index is -0.412. The predicted octanol–water partition coefficient (Wildman–Crippen LogP) is 5.43. The summed E-state index contributed by atoms with van der Waals surface area (Å²) in [5.74, 6) is 1.20. The summed E-state index contributed by atoms with van der Waals surface area (Å²) < 4.78 is 5.41. The van der Waals surface area contributed by atoms with Crippen LogP contribution in [0.3, 0.4) is 0 Å². The van der Waals surface area contributed by atoms with Crippen molar-refractivity contribution in [3.8, 4) is 28.3 Å². The minimum absolute atomic E-state index is 0.339. The smallest absolute Gasteiger partial charge is 0.222 e. The van der Waals surface area contributed by atoms with E-state index >= 15 is 0 Å². The molecule has 38 heavy (non-hydrogen) atoms. The number of benzene rings is 3. The van der Waals surface area contributed by atoms with Crippen molar-refractivity contribution in [2.24, 2.45) is 11.7 Å². The maximum atomic E-state index is 12.4. The van der Waals surface area contributed by atoms with Gasteiger partial charge >= 0.3 is 0 Å². The Hall–Kier alpha value is -4.78. The van der Waals surface area contributed by atoms with Crippen LogP contribution in [0.4, 0.5) is 5.82 Å². The molecule has 190 valence electrons. The number of nitrogens with zero attached hydrogens (tertiary/aromatic N) is 3. The zero-order chi connectivity index (χ0) is 26.5. The Balaban J connectivity index is 1.54. The van der Waals surface area contributed by atoms with Crippen molar-refractivity contribution in [2.75, 3.05) is 19.0 Å². The van der Waals surface area contributed by atoms with Gasteiger partial charge in [0, 0.05) is 29.9 Å². The molecule has 2 aromatic heterocycles. The first-order chi connectivity index (χ1) is 18.5. The summed E-state index contributed by atoms with van der Waals surface area (Å²) in [5.41, 5.74) is 11.7. The summed E-state index contributed by atoms with van der Waals surface area (Å²) >= 11 is 0. The van der Waals surface area contributed by atoms with Crippen molar-refractivity contribution in [3.05, 3.63) is 102 Å². The summed E-state index contributed by atoms with van der Waals surface area (Å²) in [6.45, 7) is 2.38. The number of nitrogens with two attached hydrogens (primary N) is 1. The van der Waals surface area contributed by atoms with Gasteiger partial charge in [-0.2, -0.15) is 0 Å². The lowest BCUT2D eigenvalue weighted by atomic mass is 9.95. The molecule has 0 bridgehead atoms. The summed E-state index contributed by atoms with van der Waals surface area (Å²) in [4.78, 5) is 26.3. The molecule has 5 rings (SSSR count). The average Bonchev–Trinajstić information content (AvgIpc) is 2.96. The molecule has 5 aromatic rings. The number of carbonyl (C=O) groups is 1. The molecule has 1 atom stereocenters. The molecule has 3 N–H and O–H groups in total. The highest BCUT2D eigenvalue weighted by molar-refractivity contribution is 5.94. The lowest BCUT2D eigenvalue weighted by Gasteiger charge is -2.18. The van der Waals surface area contributed by atoms with Crippen LogP contribution in [0.2, 0.25) is 0 Å². The summed E-state index contributed by atoms with van der Waals surface area (Å²) in [5, 5.41) is 4.27. The highest BCUT2D eigenvalue weighted by Gasteiger charge is 2.19. The molecule has 0 saturated carbocycles. The van der Waals surface area contributed by atoms with Crippen molar-refractivity contribution in [1.29, 1.82) is 0 Å². The average molecular weight is 504 g/mol. The van der Waals surface area contributed by atoms with E-state index in [9.17, 15) is 4.79 Å². The number of aryl methyl sites for hydroxylation is 1. The molecule has 0 fully saturated rings. The van der Waals surface area contributed by atoms with E-state index in [-0.39, 0.29) is 5.91 Å². The number of methoxy groups -OCH3 is 1. The number of pyridine rings is 1. The van der Waals surface area contributed by atoms with E-state index < -0.39 is 5.92 Å². The second-order valence-corrected chi connectivity index (χ2v) is 9.21. The van der Waals surface area contributed by atoms with Crippen molar-refractivity contribution < 1.29 is 9.53 Å². The van der Waals surface area contributed by atoms with Crippen LogP contribution in [0.5, 0.6) is 5.75 Å². The predicted molar refractivity (Wildman–Crippen MR) is 151 cm³/mol. The molecule has 0 aliphatic heterocycles. The van der Waals surface area contributed by atoms with E-state index in [2.05, 4.69) is 16.4 Å². The van der Waals surface area contributed by atoms with Gasteiger partial charge in [0.2, 0.25) is 5.91 Å². The molecule has 0 aliphatic rings. The van der Waals surface area contributed by atoms with Gasteiger partial charge in [-0.15, -0.1) is 0 Å². The lowest BCUT2D eigenvalue weighted by molar-refractivity contribution is -0.121. The van der Waals surface area contributed by atoms with Gasteiger partial charge in [0.1, 0.15) is 11.6 Å². The fraction of sp³-hybridized carbons (Fsp3) is 0.161. The number of fused-ring (bicyclic) bond motifs is 1. The molecule has 7 heteroatoms. The zero-order valence-electron chi connectivity index (χ0n) is 21.4. The van der Waals surface area contributed by atoms with Crippen LogP contribution < -0.4 is 15.8 Å². The number of rotatable bonds is 9. The van der Waals surface area contributed by atoms with Gasteiger partial charge < -0.3 is 15.8 Å². The topological polar surface area (TPSA) is 103 Å². The first kappa shape index (κ1) is 24.9. The number of carbonyl (C=O) groups excluding carboxylic acids is 1. The van der Waals surface area contributed by atoms with Gasteiger partial charge in [-0.05, 0) is 72.0 Å². The van der Waals surface area contributed by atoms with Crippen LogP contribution in [-0.2, 0) is 11.2 Å². The summed E-state index contributed by atoms with van der Waals surface area (Å²) in [7, 11) is 1.65. The molecule has 0 aliphatic carbocycles. The SMILES string of the molecule is COc1cccc(-c2ccc3nc(-c4cccnc4)nc(NCC(Cc4ccccc4C)C(N)=O)c3c2)c1. The third-order valence-corrected chi connectivity index (χ3v) is 6.66. The Bertz CT molecular complexity index is 1590. The zero-order valence-corrected chi connectivity index (χ0v) is 21.4. The number of hydrogen-bond acceptors (Lipinski definition) is 6.